The Hall–Kier alpha value is -4.40. The highest BCUT2D eigenvalue weighted by molar-refractivity contribution is 6.08. The van der Waals surface area contributed by atoms with Crippen LogP contribution in [0.2, 0.25) is 0 Å². The highest BCUT2D eigenvalue weighted by Crippen LogP contribution is 2.34. The number of rotatable bonds is 8. The van der Waals surface area contributed by atoms with Gasteiger partial charge < -0.3 is 20.2 Å². The first-order valence-corrected chi connectivity index (χ1v) is 10.8. The van der Waals surface area contributed by atoms with Gasteiger partial charge in [-0.25, -0.2) is 4.98 Å². The maximum atomic E-state index is 13.0. The number of carbonyl (C=O) groups excluding carboxylic acids is 1. The minimum Gasteiger partial charge on any atom is -0.505 e. The zero-order valence-electron chi connectivity index (χ0n) is 19.0. The summed E-state index contributed by atoms with van der Waals surface area (Å²) in [5, 5.41) is 16.7. The van der Waals surface area contributed by atoms with Crippen LogP contribution in [0.15, 0.2) is 68.7 Å². The second kappa shape index (κ2) is 9.22. The Morgan fingerprint density at radius 3 is 2.50 bits per heavy atom. The minimum atomic E-state index is -0.713. The van der Waals surface area contributed by atoms with E-state index in [1.54, 1.807) is 37.5 Å². The molecule has 9 heteroatoms. The van der Waals surface area contributed by atoms with Crippen molar-refractivity contribution >= 4 is 28.8 Å². The molecule has 2 aromatic heterocycles. The number of amides is 1. The van der Waals surface area contributed by atoms with Gasteiger partial charge in [0.2, 0.25) is 0 Å². The Bertz CT molecular complexity index is 1400. The van der Waals surface area contributed by atoms with Crippen LogP contribution in [-0.2, 0) is 0 Å². The number of aromatic nitrogens is 1. The van der Waals surface area contributed by atoms with Crippen molar-refractivity contribution in [1.82, 2.24) is 4.98 Å². The van der Waals surface area contributed by atoms with Crippen molar-refractivity contribution in [2.45, 2.75) is 26.3 Å². The number of hydrogen-bond donors (Lipinski definition) is 3. The molecule has 9 nitrogen and oxygen atoms in total. The van der Waals surface area contributed by atoms with E-state index in [1.165, 1.54) is 17.0 Å². The second-order valence-corrected chi connectivity index (χ2v) is 7.84. The van der Waals surface area contributed by atoms with Gasteiger partial charge in [-0.1, -0.05) is 19.1 Å². The molecule has 0 unspecified atom stereocenters. The summed E-state index contributed by atoms with van der Waals surface area (Å²) in [4.78, 5) is 43.0. The quantitative estimate of drug-likeness (QED) is 0.267. The highest BCUT2D eigenvalue weighted by atomic mass is 16.3. The minimum absolute atomic E-state index is 0.0175. The van der Waals surface area contributed by atoms with E-state index in [-0.39, 0.29) is 34.4 Å². The molecular formula is C25H24N4O5. The Kier molecular flexibility index (Phi) is 6.18. The fourth-order valence-electron chi connectivity index (χ4n) is 3.63. The fraction of sp³-hybridized carbons (Fsp3) is 0.200. The third-order valence-electron chi connectivity index (χ3n) is 5.57. The van der Waals surface area contributed by atoms with Crippen molar-refractivity contribution in [3.05, 3.63) is 92.3 Å². The van der Waals surface area contributed by atoms with E-state index in [0.717, 1.165) is 5.76 Å². The molecule has 1 amide bonds. The monoisotopic (exact) mass is 460 g/mol. The van der Waals surface area contributed by atoms with E-state index in [1.807, 2.05) is 26.0 Å². The van der Waals surface area contributed by atoms with Crippen molar-refractivity contribution in [2.75, 3.05) is 22.6 Å². The lowest BCUT2D eigenvalue weighted by atomic mass is 10.1. The summed E-state index contributed by atoms with van der Waals surface area (Å²) in [6.45, 7) is 3.75. The Morgan fingerprint density at radius 2 is 1.85 bits per heavy atom. The predicted molar refractivity (Wildman–Crippen MR) is 130 cm³/mol. The Morgan fingerprint density at radius 1 is 1.09 bits per heavy atom. The Balaban J connectivity index is 1.60. The van der Waals surface area contributed by atoms with Crippen LogP contribution < -0.4 is 26.4 Å². The van der Waals surface area contributed by atoms with Gasteiger partial charge in [0, 0.05) is 13.2 Å². The van der Waals surface area contributed by atoms with E-state index in [9.17, 15) is 19.5 Å². The summed E-state index contributed by atoms with van der Waals surface area (Å²) in [6.07, 6.45) is 2.17. The van der Waals surface area contributed by atoms with Crippen molar-refractivity contribution in [2.24, 2.45) is 0 Å². The molecule has 0 saturated heterocycles. The number of aryl methyl sites for hydroxylation is 1. The number of carbonyl (C=O) groups is 1. The number of aromatic hydroxyl groups is 1. The molecule has 174 valence electrons. The molecule has 4 rings (SSSR count). The molecule has 0 aliphatic carbocycles. The first kappa shape index (κ1) is 22.8. The number of phenols is 1. The van der Waals surface area contributed by atoms with Crippen molar-refractivity contribution < 1.29 is 14.3 Å². The molecule has 2 aromatic carbocycles. The van der Waals surface area contributed by atoms with Gasteiger partial charge in [0.05, 0.1) is 17.3 Å². The van der Waals surface area contributed by atoms with Gasteiger partial charge in [0.25, 0.3) is 16.8 Å². The van der Waals surface area contributed by atoms with Crippen molar-refractivity contribution in [3.63, 3.8) is 0 Å². The maximum absolute atomic E-state index is 13.0. The molecule has 0 bridgehead atoms. The molecule has 4 aromatic rings. The van der Waals surface area contributed by atoms with E-state index in [2.05, 4.69) is 15.6 Å². The highest BCUT2D eigenvalue weighted by Gasteiger charge is 2.26. The summed E-state index contributed by atoms with van der Waals surface area (Å²) in [5.41, 5.74) is -1.11. The normalized spacial score (nSPS) is 11.9. The second-order valence-electron chi connectivity index (χ2n) is 7.84. The number of anilines is 4. The Labute approximate surface area is 195 Å². The predicted octanol–water partition coefficient (Wildman–Crippen LogP) is 3.87. The molecule has 0 aliphatic heterocycles. The van der Waals surface area contributed by atoms with E-state index >= 15 is 0 Å². The molecule has 0 spiro atoms. The van der Waals surface area contributed by atoms with Gasteiger partial charge in [-0.2, -0.15) is 0 Å². The van der Waals surface area contributed by atoms with E-state index in [0.29, 0.717) is 18.0 Å². The number of phenolic OH excluding ortho intramolecular Hbond substituents is 1. The molecule has 0 aliphatic rings. The number of hydrogen-bond acceptors (Lipinski definition) is 8. The number of nitrogens with one attached hydrogen (secondary N) is 2. The van der Waals surface area contributed by atoms with Gasteiger partial charge in [-0.15, -0.1) is 0 Å². The van der Waals surface area contributed by atoms with Crippen molar-refractivity contribution in [1.29, 1.82) is 0 Å². The average molecular weight is 460 g/mol. The number of para-hydroxylation sites is 1. The van der Waals surface area contributed by atoms with Crippen LogP contribution in [0.25, 0.3) is 0 Å². The van der Waals surface area contributed by atoms with Gasteiger partial charge in [0.15, 0.2) is 5.75 Å². The molecule has 2 heterocycles. The standard InChI is InChI=1S/C25H24N4O5/c1-4-16(18-12-11-14(2)34-18)27-20-21(24(32)23(20)31)28-17-9-7-8-15(22(17)30)25(33)29(3)19-10-5-6-13-26-19/h5-13,16,27-28,30H,4H2,1-3H3/t16-/m1/s1. The van der Waals surface area contributed by atoms with Gasteiger partial charge in [-0.3, -0.25) is 19.3 Å². The largest absolute Gasteiger partial charge is 0.505 e. The molecule has 34 heavy (non-hydrogen) atoms. The van der Waals surface area contributed by atoms with Crippen molar-refractivity contribution in [3.8, 4) is 5.75 Å². The first-order chi connectivity index (χ1) is 16.3. The topological polar surface area (TPSA) is 125 Å². The zero-order valence-corrected chi connectivity index (χ0v) is 19.0. The van der Waals surface area contributed by atoms with E-state index < -0.39 is 16.8 Å². The molecule has 1 atom stereocenters. The summed E-state index contributed by atoms with van der Waals surface area (Å²) >= 11 is 0. The lowest BCUT2D eigenvalue weighted by molar-refractivity contribution is 0.0990. The number of furan rings is 1. The summed E-state index contributed by atoms with van der Waals surface area (Å²) in [6, 6.07) is 13.0. The van der Waals surface area contributed by atoms with Crippen LogP contribution in [0.5, 0.6) is 5.75 Å². The molecular weight excluding hydrogens is 436 g/mol. The lowest BCUT2D eigenvalue weighted by Gasteiger charge is -2.21. The molecule has 0 radical (unpaired) electrons. The first-order valence-electron chi connectivity index (χ1n) is 10.8. The maximum Gasteiger partial charge on any atom is 0.263 e. The van der Waals surface area contributed by atoms with Crippen LogP contribution in [0.1, 0.15) is 41.3 Å². The number of benzene rings is 1. The average Bonchev–Trinajstić information content (AvgIpc) is 3.29. The van der Waals surface area contributed by atoms with E-state index in [4.69, 9.17) is 4.42 Å². The lowest BCUT2D eigenvalue weighted by Crippen LogP contribution is -2.37. The van der Waals surface area contributed by atoms with Gasteiger partial charge in [-0.05, 0) is 49.7 Å². The van der Waals surface area contributed by atoms with Gasteiger partial charge in [0.1, 0.15) is 28.7 Å². The van der Waals surface area contributed by atoms with Crippen LogP contribution in [0, 0.1) is 6.92 Å². The molecule has 0 saturated carbocycles. The summed E-state index contributed by atoms with van der Waals surface area (Å²) in [5.74, 6) is 0.969. The molecule has 3 N–H and O–H groups in total. The van der Waals surface area contributed by atoms with Crippen LogP contribution in [0.3, 0.4) is 0 Å². The smallest absolute Gasteiger partial charge is 0.263 e. The third-order valence-corrected chi connectivity index (χ3v) is 5.57. The SMILES string of the molecule is CC[C@@H](Nc1c(Nc2cccc(C(=O)N(C)c3ccccn3)c2O)c(=O)c1=O)c1ccc(C)o1. The summed E-state index contributed by atoms with van der Waals surface area (Å²) in [7, 11) is 1.55. The number of pyridine rings is 1. The zero-order chi connectivity index (χ0) is 24.4. The van der Waals surface area contributed by atoms with Gasteiger partial charge >= 0.3 is 0 Å². The van der Waals surface area contributed by atoms with Crippen LogP contribution >= 0.6 is 0 Å². The molecule has 0 fully saturated rings. The third kappa shape index (κ3) is 4.15. The number of nitrogens with zero attached hydrogens (tertiary/aromatic N) is 2. The summed E-state index contributed by atoms with van der Waals surface area (Å²) < 4.78 is 5.65. The van der Waals surface area contributed by atoms with Crippen LogP contribution in [0.4, 0.5) is 22.9 Å². The fourth-order valence-corrected chi connectivity index (χ4v) is 3.63. The van der Waals surface area contributed by atoms with Crippen LogP contribution in [-0.4, -0.2) is 23.0 Å².